The third-order valence-corrected chi connectivity index (χ3v) is 2.44. The predicted octanol–water partition coefficient (Wildman–Crippen LogP) is 1.93. The summed E-state index contributed by atoms with van der Waals surface area (Å²) in [6, 6.07) is 4.96. The van der Waals surface area contributed by atoms with Crippen LogP contribution >= 0.6 is 0 Å². The van der Waals surface area contributed by atoms with E-state index in [1.54, 1.807) is 13.8 Å². The number of halogens is 1. The van der Waals surface area contributed by atoms with Crippen molar-refractivity contribution in [2.24, 2.45) is 0 Å². The zero-order valence-electron chi connectivity index (χ0n) is 11.5. The summed E-state index contributed by atoms with van der Waals surface area (Å²) >= 11 is 0. The summed E-state index contributed by atoms with van der Waals surface area (Å²) in [5, 5.41) is 3.51. The quantitative estimate of drug-likeness (QED) is 0.618. The van der Waals surface area contributed by atoms with E-state index in [1.807, 2.05) is 0 Å². The van der Waals surface area contributed by atoms with Crippen molar-refractivity contribution < 1.29 is 23.2 Å². The van der Waals surface area contributed by atoms with Crippen LogP contribution in [0.15, 0.2) is 28.8 Å². The summed E-state index contributed by atoms with van der Waals surface area (Å²) in [5.41, 5.74) is 0.230. The van der Waals surface area contributed by atoms with Gasteiger partial charge >= 0.3 is 5.97 Å². The van der Waals surface area contributed by atoms with E-state index < -0.39 is 17.6 Å². The van der Waals surface area contributed by atoms with E-state index in [0.29, 0.717) is 0 Å². The van der Waals surface area contributed by atoms with Crippen LogP contribution < -0.4 is 0 Å². The molecule has 0 aliphatic heterocycles. The van der Waals surface area contributed by atoms with Gasteiger partial charge in [-0.15, -0.1) is 0 Å². The van der Waals surface area contributed by atoms with Gasteiger partial charge in [0.25, 0.3) is 0 Å². The summed E-state index contributed by atoms with van der Waals surface area (Å²) in [6.45, 7) is 3.43. The Morgan fingerprint density at radius 3 is 2.57 bits per heavy atom. The lowest BCUT2D eigenvalue weighted by Gasteiger charge is -2.05. The molecule has 0 saturated heterocycles. The Hall–Kier alpha value is -2.57. The molecule has 0 bridgehead atoms. The number of hydrogen-bond donors (Lipinski definition) is 0. The molecule has 21 heavy (non-hydrogen) atoms. The van der Waals surface area contributed by atoms with Gasteiger partial charge < -0.3 is 9.26 Å². The standard InChI is InChI=1S/C14H13FN2O4/c1-8(2)20-12(18)7-11-16-14(17-21-11)13(19)9-3-5-10(15)6-4-9/h3-6,8H,7H2,1-2H3. The molecule has 0 aliphatic carbocycles. The second-order valence-electron chi connectivity index (χ2n) is 4.56. The lowest BCUT2D eigenvalue weighted by molar-refractivity contribution is -0.146. The van der Waals surface area contributed by atoms with Gasteiger partial charge in [0.15, 0.2) is 0 Å². The number of esters is 1. The van der Waals surface area contributed by atoms with E-state index in [1.165, 1.54) is 12.1 Å². The minimum Gasteiger partial charge on any atom is -0.463 e. The topological polar surface area (TPSA) is 82.3 Å². The first-order valence-corrected chi connectivity index (χ1v) is 6.28. The maximum atomic E-state index is 12.8. The molecule has 2 rings (SSSR count). The Balaban J connectivity index is 2.07. The number of benzene rings is 1. The molecule has 6 nitrogen and oxygen atoms in total. The van der Waals surface area contributed by atoms with Crippen molar-refractivity contribution >= 4 is 11.8 Å². The van der Waals surface area contributed by atoms with E-state index in [0.717, 1.165) is 12.1 Å². The number of rotatable bonds is 5. The van der Waals surface area contributed by atoms with Crippen LogP contribution in [-0.4, -0.2) is 28.0 Å². The SMILES string of the molecule is CC(C)OC(=O)Cc1nc(C(=O)c2ccc(F)cc2)no1. The monoisotopic (exact) mass is 292 g/mol. The highest BCUT2D eigenvalue weighted by Crippen LogP contribution is 2.09. The highest BCUT2D eigenvalue weighted by molar-refractivity contribution is 6.06. The minimum absolute atomic E-state index is 0.00823. The molecule has 0 fully saturated rings. The number of carbonyl (C=O) groups excluding carboxylic acids is 2. The molecule has 0 spiro atoms. The fourth-order valence-corrected chi connectivity index (χ4v) is 1.58. The first-order chi connectivity index (χ1) is 9.95. The molecule has 0 unspecified atom stereocenters. The first-order valence-electron chi connectivity index (χ1n) is 6.28. The van der Waals surface area contributed by atoms with Crippen molar-refractivity contribution in [1.29, 1.82) is 0 Å². The van der Waals surface area contributed by atoms with E-state index >= 15 is 0 Å². The minimum atomic E-state index is -0.519. The van der Waals surface area contributed by atoms with Gasteiger partial charge in [-0.05, 0) is 38.1 Å². The number of aromatic nitrogens is 2. The molecule has 0 N–H and O–H groups in total. The molecule has 1 aromatic heterocycles. The molecule has 0 amide bonds. The molecule has 0 aliphatic rings. The second kappa shape index (κ2) is 6.25. The molecular weight excluding hydrogens is 279 g/mol. The van der Waals surface area contributed by atoms with Crippen LogP contribution in [-0.2, 0) is 16.0 Å². The molecule has 0 saturated carbocycles. The molecular formula is C14H13FN2O4. The highest BCUT2D eigenvalue weighted by Gasteiger charge is 2.19. The Kier molecular flexibility index (Phi) is 4.42. The van der Waals surface area contributed by atoms with E-state index in [4.69, 9.17) is 9.26 Å². The molecule has 0 radical (unpaired) electrons. The Morgan fingerprint density at radius 1 is 1.29 bits per heavy atom. The van der Waals surface area contributed by atoms with E-state index in [-0.39, 0.29) is 29.8 Å². The Morgan fingerprint density at radius 2 is 1.95 bits per heavy atom. The maximum absolute atomic E-state index is 12.8. The van der Waals surface area contributed by atoms with Gasteiger partial charge in [0, 0.05) is 5.56 Å². The average Bonchev–Trinajstić information content (AvgIpc) is 2.86. The number of hydrogen-bond acceptors (Lipinski definition) is 6. The molecule has 1 heterocycles. The van der Waals surface area contributed by atoms with Crippen molar-refractivity contribution in [1.82, 2.24) is 10.1 Å². The van der Waals surface area contributed by atoms with Gasteiger partial charge in [0.2, 0.25) is 17.5 Å². The molecule has 7 heteroatoms. The summed E-state index contributed by atoms with van der Waals surface area (Å²) in [4.78, 5) is 27.3. The van der Waals surface area contributed by atoms with Crippen molar-refractivity contribution in [3.63, 3.8) is 0 Å². The van der Waals surface area contributed by atoms with Crippen LogP contribution in [0.1, 0.15) is 35.9 Å². The van der Waals surface area contributed by atoms with Crippen LogP contribution in [0, 0.1) is 5.82 Å². The maximum Gasteiger partial charge on any atom is 0.315 e. The third kappa shape index (κ3) is 3.95. The molecule has 1 aromatic carbocycles. The van der Waals surface area contributed by atoms with Crippen LogP contribution in [0.4, 0.5) is 4.39 Å². The predicted molar refractivity (Wildman–Crippen MR) is 69.1 cm³/mol. The lowest BCUT2D eigenvalue weighted by Crippen LogP contribution is -2.14. The fraction of sp³-hybridized carbons (Fsp3) is 0.286. The number of ketones is 1. The first kappa shape index (κ1) is 14.8. The number of ether oxygens (including phenoxy) is 1. The second-order valence-corrected chi connectivity index (χ2v) is 4.56. The largest absolute Gasteiger partial charge is 0.463 e. The summed E-state index contributed by atoms with van der Waals surface area (Å²) in [6.07, 6.45) is -0.456. The number of nitrogens with zero attached hydrogens (tertiary/aromatic N) is 2. The molecule has 0 atom stereocenters. The van der Waals surface area contributed by atoms with Gasteiger partial charge in [0.1, 0.15) is 12.2 Å². The fourth-order valence-electron chi connectivity index (χ4n) is 1.58. The smallest absolute Gasteiger partial charge is 0.315 e. The van der Waals surface area contributed by atoms with Crippen LogP contribution in [0.3, 0.4) is 0 Å². The zero-order valence-corrected chi connectivity index (χ0v) is 11.5. The van der Waals surface area contributed by atoms with E-state index in [2.05, 4.69) is 10.1 Å². The van der Waals surface area contributed by atoms with E-state index in [9.17, 15) is 14.0 Å². The number of carbonyl (C=O) groups is 2. The van der Waals surface area contributed by atoms with Gasteiger partial charge in [-0.25, -0.2) is 4.39 Å². The zero-order chi connectivity index (χ0) is 15.4. The van der Waals surface area contributed by atoms with Crippen molar-refractivity contribution in [3.05, 3.63) is 47.4 Å². The van der Waals surface area contributed by atoms with Crippen molar-refractivity contribution in [2.75, 3.05) is 0 Å². The highest BCUT2D eigenvalue weighted by atomic mass is 19.1. The van der Waals surface area contributed by atoms with Gasteiger partial charge in [-0.1, -0.05) is 5.16 Å². The van der Waals surface area contributed by atoms with Crippen LogP contribution in [0.25, 0.3) is 0 Å². The third-order valence-electron chi connectivity index (χ3n) is 2.44. The summed E-state index contributed by atoms with van der Waals surface area (Å²) < 4.78 is 22.5. The van der Waals surface area contributed by atoms with Gasteiger partial charge in [0.05, 0.1) is 6.10 Å². The Labute approximate surface area is 119 Å². The molecule has 110 valence electrons. The van der Waals surface area contributed by atoms with Crippen molar-refractivity contribution in [3.8, 4) is 0 Å². The van der Waals surface area contributed by atoms with Crippen LogP contribution in [0.5, 0.6) is 0 Å². The Bertz CT molecular complexity index is 649. The van der Waals surface area contributed by atoms with Crippen LogP contribution in [0.2, 0.25) is 0 Å². The van der Waals surface area contributed by atoms with Gasteiger partial charge in [-0.3, -0.25) is 9.59 Å². The summed E-state index contributed by atoms with van der Waals surface area (Å²) in [7, 11) is 0. The van der Waals surface area contributed by atoms with Crippen molar-refractivity contribution in [2.45, 2.75) is 26.4 Å². The summed E-state index contributed by atoms with van der Waals surface area (Å²) in [5.74, 6) is -1.67. The average molecular weight is 292 g/mol. The molecule has 2 aromatic rings. The van der Waals surface area contributed by atoms with Gasteiger partial charge in [-0.2, -0.15) is 4.98 Å². The normalized spacial score (nSPS) is 10.7. The lowest BCUT2D eigenvalue weighted by atomic mass is 10.1.